The van der Waals surface area contributed by atoms with Crippen LogP contribution in [0.25, 0.3) is 0 Å². The molecule has 0 aliphatic heterocycles. The van der Waals surface area contributed by atoms with Crippen molar-refractivity contribution in [1.82, 2.24) is 15.5 Å². The Balaban J connectivity index is 2.48. The van der Waals surface area contributed by atoms with E-state index in [0.717, 1.165) is 6.04 Å². The van der Waals surface area contributed by atoms with Crippen LogP contribution in [0.2, 0.25) is 0 Å². The molecule has 0 saturated heterocycles. The molecule has 0 heterocycles. The minimum absolute atomic E-state index is 0.0488. The Morgan fingerprint density at radius 2 is 1.64 bits per heavy atom. The van der Waals surface area contributed by atoms with Crippen LogP contribution in [0.15, 0.2) is 0 Å². The lowest BCUT2D eigenvalue weighted by Gasteiger charge is -2.47. The standard InChI is InChI=1S/C19H41N3/c1-6-7-8-9-10-11-16-18(20-3)19(2,21-4)22(5)17-14-12-13-15-17/h17-18,20-21H,6-16H2,1-5H3. The minimum Gasteiger partial charge on any atom is -0.314 e. The molecule has 1 fully saturated rings. The van der Waals surface area contributed by atoms with E-state index in [4.69, 9.17) is 0 Å². The molecular weight excluding hydrogens is 270 g/mol. The van der Waals surface area contributed by atoms with Crippen LogP contribution in [0, 0.1) is 0 Å². The van der Waals surface area contributed by atoms with E-state index >= 15 is 0 Å². The van der Waals surface area contributed by atoms with Crippen molar-refractivity contribution in [2.24, 2.45) is 0 Å². The SMILES string of the molecule is CCCCCCCCC(NC)C(C)(NC)N(C)C1CCCC1. The zero-order valence-electron chi connectivity index (χ0n) is 15.9. The van der Waals surface area contributed by atoms with Crippen molar-refractivity contribution in [2.45, 2.75) is 102 Å². The molecule has 0 aromatic heterocycles. The van der Waals surface area contributed by atoms with Gasteiger partial charge in [-0.2, -0.15) is 0 Å². The minimum atomic E-state index is 0.0488. The third-order valence-electron chi connectivity index (χ3n) is 5.98. The molecule has 1 saturated carbocycles. The van der Waals surface area contributed by atoms with Crippen molar-refractivity contribution in [3.05, 3.63) is 0 Å². The van der Waals surface area contributed by atoms with E-state index in [1.165, 1.54) is 70.6 Å². The van der Waals surface area contributed by atoms with Crippen molar-refractivity contribution in [3.63, 3.8) is 0 Å². The number of rotatable bonds is 12. The third kappa shape index (κ3) is 5.50. The largest absolute Gasteiger partial charge is 0.314 e. The first kappa shape index (κ1) is 19.9. The monoisotopic (exact) mass is 311 g/mol. The topological polar surface area (TPSA) is 27.3 Å². The van der Waals surface area contributed by atoms with Gasteiger partial charge in [0.2, 0.25) is 0 Å². The lowest BCUT2D eigenvalue weighted by atomic mass is 9.93. The van der Waals surface area contributed by atoms with E-state index in [2.05, 4.69) is 50.5 Å². The lowest BCUT2D eigenvalue weighted by Crippen LogP contribution is -2.66. The molecule has 0 bridgehead atoms. The normalized spacial score (nSPS) is 20.5. The van der Waals surface area contributed by atoms with Crippen LogP contribution in [0.5, 0.6) is 0 Å². The average Bonchev–Trinajstić information content (AvgIpc) is 3.07. The molecule has 1 rings (SSSR count). The first-order valence-corrected chi connectivity index (χ1v) is 9.69. The molecule has 1 aliphatic carbocycles. The van der Waals surface area contributed by atoms with E-state index in [0.29, 0.717) is 6.04 Å². The highest BCUT2D eigenvalue weighted by Crippen LogP contribution is 2.29. The molecule has 0 aromatic rings. The zero-order valence-corrected chi connectivity index (χ0v) is 15.9. The summed E-state index contributed by atoms with van der Waals surface area (Å²) >= 11 is 0. The van der Waals surface area contributed by atoms with Crippen molar-refractivity contribution >= 4 is 0 Å². The van der Waals surface area contributed by atoms with Gasteiger partial charge in [0.05, 0.1) is 5.66 Å². The number of hydrogen-bond donors (Lipinski definition) is 2. The summed E-state index contributed by atoms with van der Waals surface area (Å²) in [5.41, 5.74) is 0.0488. The summed E-state index contributed by atoms with van der Waals surface area (Å²) in [7, 11) is 6.56. The van der Waals surface area contributed by atoms with E-state index in [9.17, 15) is 0 Å². The van der Waals surface area contributed by atoms with E-state index in [1.54, 1.807) is 0 Å². The van der Waals surface area contributed by atoms with Gasteiger partial charge in [-0.1, -0.05) is 58.3 Å². The lowest BCUT2D eigenvalue weighted by molar-refractivity contribution is 0.0279. The number of likely N-dealkylation sites (N-methyl/N-ethyl adjacent to an activating group) is 3. The molecule has 2 unspecified atom stereocenters. The van der Waals surface area contributed by atoms with Gasteiger partial charge in [0.25, 0.3) is 0 Å². The molecule has 0 amide bonds. The number of hydrogen-bond acceptors (Lipinski definition) is 3. The Labute approximate surface area is 139 Å². The van der Waals surface area contributed by atoms with Gasteiger partial charge in [0, 0.05) is 12.1 Å². The number of unbranched alkanes of at least 4 members (excludes halogenated alkanes) is 5. The van der Waals surface area contributed by atoms with Gasteiger partial charge >= 0.3 is 0 Å². The van der Waals surface area contributed by atoms with Crippen LogP contribution >= 0.6 is 0 Å². The summed E-state index contributed by atoms with van der Waals surface area (Å²) in [5.74, 6) is 0. The molecule has 3 heteroatoms. The van der Waals surface area contributed by atoms with E-state index in [-0.39, 0.29) is 5.66 Å². The first-order chi connectivity index (χ1) is 10.6. The highest BCUT2D eigenvalue weighted by molar-refractivity contribution is 4.96. The van der Waals surface area contributed by atoms with Gasteiger partial charge in [0.15, 0.2) is 0 Å². The highest BCUT2D eigenvalue weighted by atomic mass is 15.3. The van der Waals surface area contributed by atoms with Crippen molar-refractivity contribution in [2.75, 3.05) is 21.1 Å². The maximum absolute atomic E-state index is 3.63. The summed E-state index contributed by atoms with van der Waals surface area (Å²) in [6.07, 6.45) is 15.0. The second-order valence-electron chi connectivity index (χ2n) is 7.34. The second kappa shape index (κ2) is 10.6. The molecule has 2 atom stereocenters. The van der Waals surface area contributed by atoms with Crippen LogP contribution in [-0.2, 0) is 0 Å². The molecule has 132 valence electrons. The molecule has 2 N–H and O–H groups in total. The van der Waals surface area contributed by atoms with Gasteiger partial charge < -0.3 is 10.6 Å². The van der Waals surface area contributed by atoms with Crippen LogP contribution in [-0.4, -0.2) is 43.8 Å². The molecule has 22 heavy (non-hydrogen) atoms. The summed E-state index contributed by atoms with van der Waals surface area (Å²) in [6, 6.07) is 1.26. The van der Waals surface area contributed by atoms with Crippen LogP contribution < -0.4 is 10.6 Å². The maximum atomic E-state index is 3.63. The Hall–Kier alpha value is -0.120. The Morgan fingerprint density at radius 1 is 1.05 bits per heavy atom. The van der Waals surface area contributed by atoms with Gasteiger partial charge in [-0.05, 0) is 47.3 Å². The van der Waals surface area contributed by atoms with Crippen molar-refractivity contribution < 1.29 is 0 Å². The van der Waals surface area contributed by atoms with Crippen molar-refractivity contribution in [1.29, 1.82) is 0 Å². The fraction of sp³-hybridized carbons (Fsp3) is 1.00. The molecule has 0 aromatic carbocycles. The maximum Gasteiger partial charge on any atom is 0.0838 e. The first-order valence-electron chi connectivity index (χ1n) is 9.69. The van der Waals surface area contributed by atoms with Crippen LogP contribution in [0.3, 0.4) is 0 Å². The van der Waals surface area contributed by atoms with Gasteiger partial charge in [-0.15, -0.1) is 0 Å². The zero-order chi connectivity index (χ0) is 16.4. The third-order valence-corrected chi connectivity index (χ3v) is 5.98. The average molecular weight is 312 g/mol. The Morgan fingerprint density at radius 3 is 2.18 bits per heavy atom. The molecular formula is C19H41N3. The van der Waals surface area contributed by atoms with Crippen molar-refractivity contribution in [3.8, 4) is 0 Å². The van der Waals surface area contributed by atoms with Gasteiger partial charge in [0.1, 0.15) is 0 Å². The molecule has 0 spiro atoms. The molecule has 3 nitrogen and oxygen atoms in total. The quantitative estimate of drug-likeness (QED) is 0.419. The van der Waals surface area contributed by atoms with Gasteiger partial charge in [-0.25, -0.2) is 0 Å². The second-order valence-corrected chi connectivity index (χ2v) is 7.34. The van der Waals surface area contributed by atoms with Crippen LogP contribution in [0.4, 0.5) is 0 Å². The Kier molecular flexibility index (Phi) is 9.62. The van der Waals surface area contributed by atoms with Gasteiger partial charge in [-0.3, -0.25) is 4.90 Å². The summed E-state index contributed by atoms with van der Waals surface area (Å²) in [6.45, 7) is 4.66. The predicted molar refractivity (Wildman–Crippen MR) is 98.3 cm³/mol. The summed E-state index contributed by atoms with van der Waals surface area (Å²) in [5, 5.41) is 7.23. The van der Waals surface area contributed by atoms with E-state index < -0.39 is 0 Å². The van der Waals surface area contributed by atoms with Crippen LogP contribution in [0.1, 0.15) is 84.5 Å². The number of nitrogens with one attached hydrogen (secondary N) is 2. The smallest absolute Gasteiger partial charge is 0.0838 e. The number of nitrogens with zero attached hydrogens (tertiary/aromatic N) is 1. The van der Waals surface area contributed by atoms with E-state index in [1.807, 2.05) is 0 Å². The summed E-state index contributed by atoms with van der Waals surface area (Å²) < 4.78 is 0. The fourth-order valence-electron chi connectivity index (χ4n) is 4.10. The molecule has 0 radical (unpaired) electrons. The predicted octanol–water partition coefficient (Wildman–Crippen LogP) is 4.14. The molecule has 1 aliphatic rings. The fourth-order valence-corrected chi connectivity index (χ4v) is 4.10. The highest BCUT2D eigenvalue weighted by Gasteiger charge is 2.39. The summed E-state index contributed by atoms with van der Waals surface area (Å²) in [4.78, 5) is 2.61. The Bertz CT molecular complexity index is 276.